The maximum absolute atomic E-state index is 13.6. The largest absolute Gasteiger partial charge is 0.508 e. The summed E-state index contributed by atoms with van der Waals surface area (Å²) in [5.74, 6) is -0.836. The number of aromatic hydroxyl groups is 1. The quantitative estimate of drug-likeness (QED) is 0.765. The maximum Gasteiger partial charge on any atom is 0.438 e. The van der Waals surface area contributed by atoms with Crippen LogP contribution in [0.3, 0.4) is 0 Å². The number of phenols is 1. The lowest BCUT2D eigenvalue weighted by Crippen LogP contribution is -2.55. The third-order valence-corrected chi connectivity index (χ3v) is 4.61. The van der Waals surface area contributed by atoms with Crippen molar-refractivity contribution in [3.63, 3.8) is 0 Å². The van der Waals surface area contributed by atoms with Crippen molar-refractivity contribution < 1.29 is 32.9 Å². The predicted molar refractivity (Wildman–Crippen MR) is 90.8 cm³/mol. The van der Waals surface area contributed by atoms with E-state index in [-0.39, 0.29) is 28.9 Å². The van der Waals surface area contributed by atoms with Crippen molar-refractivity contribution in [1.82, 2.24) is 4.98 Å². The summed E-state index contributed by atoms with van der Waals surface area (Å²) in [7, 11) is 0. The molecular formula is C16H14F3N3O4S. The van der Waals surface area contributed by atoms with Crippen LogP contribution in [0.4, 0.5) is 18.3 Å². The first-order chi connectivity index (χ1) is 12.7. The van der Waals surface area contributed by atoms with Gasteiger partial charge in [0.15, 0.2) is 5.69 Å². The number of halogens is 3. The number of ether oxygens (including phenoxy) is 1. The van der Waals surface area contributed by atoms with Crippen LogP contribution >= 0.6 is 11.3 Å². The molecule has 1 atom stereocenters. The maximum atomic E-state index is 13.6. The van der Waals surface area contributed by atoms with Gasteiger partial charge >= 0.3 is 12.1 Å². The van der Waals surface area contributed by atoms with Crippen molar-refractivity contribution in [2.24, 2.45) is 5.10 Å². The van der Waals surface area contributed by atoms with Crippen LogP contribution in [0.1, 0.15) is 29.4 Å². The molecule has 27 heavy (non-hydrogen) atoms. The smallest absolute Gasteiger partial charge is 0.438 e. The molecule has 2 heterocycles. The number of phenolic OH excluding ortho intramolecular Hbond substituents is 1. The molecule has 3 rings (SSSR count). The van der Waals surface area contributed by atoms with Gasteiger partial charge in [-0.1, -0.05) is 0 Å². The molecule has 1 aliphatic heterocycles. The van der Waals surface area contributed by atoms with Gasteiger partial charge in [0.1, 0.15) is 5.75 Å². The zero-order chi connectivity index (χ0) is 19.8. The number of esters is 1. The van der Waals surface area contributed by atoms with Crippen molar-refractivity contribution in [1.29, 1.82) is 0 Å². The van der Waals surface area contributed by atoms with E-state index in [4.69, 9.17) is 4.74 Å². The highest BCUT2D eigenvalue weighted by Gasteiger charge is 2.62. The number of alkyl halides is 3. The Kier molecular flexibility index (Phi) is 4.82. The summed E-state index contributed by atoms with van der Waals surface area (Å²) in [5, 5.41) is 24.9. The van der Waals surface area contributed by atoms with E-state index in [0.717, 1.165) is 11.3 Å². The highest BCUT2D eigenvalue weighted by Crippen LogP contribution is 2.44. The van der Waals surface area contributed by atoms with Crippen molar-refractivity contribution in [2.75, 3.05) is 11.6 Å². The molecule has 0 saturated carbocycles. The molecule has 2 N–H and O–H groups in total. The van der Waals surface area contributed by atoms with Crippen LogP contribution in [0.25, 0.3) is 0 Å². The molecule has 0 radical (unpaired) electrons. The van der Waals surface area contributed by atoms with Gasteiger partial charge in [0.2, 0.25) is 5.13 Å². The number of carbonyl (C=O) groups excluding carboxylic acids is 1. The summed E-state index contributed by atoms with van der Waals surface area (Å²) < 4.78 is 45.6. The summed E-state index contributed by atoms with van der Waals surface area (Å²) in [5.41, 5.74) is -3.22. The second kappa shape index (κ2) is 6.82. The van der Waals surface area contributed by atoms with E-state index in [1.165, 1.54) is 29.6 Å². The molecule has 0 bridgehead atoms. The molecule has 1 aliphatic rings. The number of thiazole rings is 1. The molecule has 0 fully saturated rings. The van der Waals surface area contributed by atoms with Crippen molar-refractivity contribution in [2.45, 2.75) is 25.2 Å². The summed E-state index contributed by atoms with van der Waals surface area (Å²) in [6.45, 7) is 1.67. The third-order valence-electron chi connectivity index (χ3n) is 3.80. The van der Waals surface area contributed by atoms with Gasteiger partial charge < -0.3 is 14.9 Å². The highest BCUT2D eigenvalue weighted by molar-refractivity contribution is 7.14. The number of benzene rings is 1. The number of hydrogen-bond acceptors (Lipinski definition) is 8. The number of carbonyl (C=O) groups is 1. The minimum atomic E-state index is -5.04. The van der Waals surface area contributed by atoms with Crippen LogP contribution in [-0.2, 0) is 4.74 Å². The normalized spacial score (nSPS) is 19.9. The molecule has 144 valence electrons. The first kappa shape index (κ1) is 19.1. The Labute approximate surface area is 155 Å². The summed E-state index contributed by atoms with van der Waals surface area (Å²) >= 11 is 0.726. The number of aliphatic hydroxyl groups is 1. The molecule has 2 aromatic rings. The fourth-order valence-electron chi connectivity index (χ4n) is 2.44. The summed E-state index contributed by atoms with van der Waals surface area (Å²) in [4.78, 5) is 15.5. The van der Waals surface area contributed by atoms with Crippen LogP contribution in [0.15, 0.2) is 34.7 Å². The van der Waals surface area contributed by atoms with E-state index in [0.29, 0.717) is 10.6 Å². The SMILES string of the molecule is CCOC(=O)c1csc(N2N=C(c3ccc(O)cc3)C[C@]2(O)C(F)(F)F)n1. The Hall–Kier alpha value is -2.66. The highest BCUT2D eigenvalue weighted by atomic mass is 32.1. The molecule has 11 heteroatoms. The zero-order valence-corrected chi connectivity index (χ0v) is 14.7. The molecule has 1 aromatic heterocycles. The Bertz CT molecular complexity index is 882. The lowest BCUT2D eigenvalue weighted by atomic mass is 10.0. The van der Waals surface area contributed by atoms with Gasteiger partial charge in [-0.2, -0.15) is 23.3 Å². The van der Waals surface area contributed by atoms with E-state index in [2.05, 4.69) is 10.1 Å². The van der Waals surface area contributed by atoms with Crippen LogP contribution < -0.4 is 5.01 Å². The Morgan fingerprint density at radius 1 is 1.37 bits per heavy atom. The predicted octanol–water partition coefficient (Wildman–Crippen LogP) is 2.89. The Morgan fingerprint density at radius 2 is 2.04 bits per heavy atom. The number of hydrogen-bond donors (Lipinski definition) is 2. The monoisotopic (exact) mass is 401 g/mol. The number of rotatable bonds is 4. The first-order valence-corrected chi connectivity index (χ1v) is 8.62. The molecule has 1 aromatic carbocycles. The fraction of sp³-hybridized carbons (Fsp3) is 0.312. The van der Waals surface area contributed by atoms with Gasteiger partial charge in [-0.15, -0.1) is 11.3 Å². The second-order valence-corrected chi connectivity index (χ2v) is 6.47. The van der Waals surface area contributed by atoms with Crippen molar-refractivity contribution in [3.8, 4) is 5.75 Å². The minimum Gasteiger partial charge on any atom is -0.508 e. The van der Waals surface area contributed by atoms with Crippen LogP contribution in [0.2, 0.25) is 0 Å². The number of nitrogens with zero attached hydrogens (tertiary/aromatic N) is 3. The molecule has 7 nitrogen and oxygen atoms in total. The van der Waals surface area contributed by atoms with Gasteiger partial charge in [0.25, 0.3) is 5.72 Å². The van der Waals surface area contributed by atoms with Crippen molar-refractivity contribution >= 4 is 28.1 Å². The van der Waals surface area contributed by atoms with E-state index >= 15 is 0 Å². The van der Waals surface area contributed by atoms with Gasteiger partial charge in [0, 0.05) is 5.38 Å². The first-order valence-electron chi connectivity index (χ1n) is 7.74. The van der Waals surface area contributed by atoms with Gasteiger partial charge in [-0.3, -0.25) is 0 Å². The minimum absolute atomic E-state index is 0.0392. The second-order valence-electron chi connectivity index (χ2n) is 5.63. The van der Waals surface area contributed by atoms with E-state index in [9.17, 15) is 28.2 Å². The average Bonchev–Trinajstić information content (AvgIpc) is 3.20. The number of aromatic nitrogens is 1. The molecular weight excluding hydrogens is 387 g/mol. The molecule has 0 aliphatic carbocycles. The average molecular weight is 401 g/mol. The summed E-state index contributed by atoms with van der Waals surface area (Å²) in [6, 6.07) is 5.38. The van der Waals surface area contributed by atoms with Crippen LogP contribution in [0.5, 0.6) is 5.75 Å². The molecule has 0 unspecified atom stereocenters. The van der Waals surface area contributed by atoms with Gasteiger partial charge in [0.05, 0.1) is 18.7 Å². The molecule has 0 amide bonds. The van der Waals surface area contributed by atoms with E-state index < -0.39 is 24.3 Å². The molecule has 0 spiro atoms. The lowest BCUT2D eigenvalue weighted by molar-refractivity contribution is -0.254. The summed E-state index contributed by atoms with van der Waals surface area (Å²) in [6.07, 6.45) is -5.87. The standard InChI is InChI=1S/C16H14F3N3O4S/c1-2-26-13(24)12-8-27-14(20-12)22-15(25,16(17,18)19)7-11(21-22)9-3-5-10(23)6-4-9/h3-6,8,23,25H,2,7H2,1H3/t15-/m0/s1. The Morgan fingerprint density at radius 3 is 2.63 bits per heavy atom. The number of hydrazone groups is 1. The zero-order valence-electron chi connectivity index (χ0n) is 13.9. The third kappa shape index (κ3) is 3.47. The molecule has 0 saturated heterocycles. The van der Waals surface area contributed by atoms with Crippen LogP contribution in [-0.4, -0.2) is 45.4 Å². The van der Waals surface area contributed by atoms with Gasteiger partial charge in [-0.05, 0) is 36.8 Å². The van der Waals surface area contributed by atoms with Crippen LogP contribution in [0, 0.1) is 0 Å². The lowest BCUT2D eigenvalue weighted by Gasteiger charge is -2.32. The topological polar surface area (TPSA) is 95.2 Å². The number of anilines is 1. The van der Waals surface area contributed by atoms with Crippen molar-refractivity contribution in [3.05, 3.63) is 40.9 Å². The van der Waals surface area contributed by atoms with E-state index in [1.807, 2.05) is 0 Å². The fourth-order valence-corrected chi connectivity index (χ4v) is 3.25. The van der Waals surface area contributed by atoms with Gasteiger partial charge in [-0.25, -0.2) is 9.78 Å². The Balaban J connectivity index is 2.01. The van der Waals surface area contributed by atoms with E-state index in [1.54, 1.807) is 6.92 Å².